The Hall–Kier alpha value is -1.55. The van der Waals surface area contributed by atoms with Crippen LogP contribution in [-0.2, 0) is 18.9 Å². The van der Waals surface area contributed by atoms with Gasteiger partial charge >= 0.3 is 6.03 Å². The Morgan fingerprint density at radius 3 is 1.41 bits per heavy atom. The van der Waals surface area contributed by atoms with Crippen molar-refractivity contribution >= 4 is 6.03 Å². The Morgan fingerprint density at radius 1 is 0.773 bits per heavy atom. The minimum absolute atomic E-state index is 0.159. The van der Waals surface area contributed by atoms with Crippen molar-refractivity contribution in [1.82, 2.24) is 19.6 Å². The molecule has 2 heterocycles. The minimum atomic E-state index is -0.273. The minimum Gasteiger partial charge on any atom is -0.364 e. The number of urea groups is 1. The van der Waals surface area contributed by atoms with E-state index < -0.39 is 0 Å². The maximum Gasteiger partial charge on any atom is 0.327 e. The maximum atomic E-state index is 12.6. The van der Waals surface area contributed by atoms with Crippen LogP contribution < -0.4 is 0 Å². The predicted octanol–water partition coefficient (Wildman–Crippen LogP) is -0.119. The van der Waals surface area contributed by atoms with Crippen LogP contribution in [0.1, 0.15) is 0 Å². The molecule has 126 valence electrons. The molecule has 0 saturated carbocycles. The van der Waals surface area contributed by atoms with E-state index in [1.807, 2.05) is 9.80 Å². The van der Waals surface area contributed by atoms with Crippen LogP contribution in [0, 0.1) is 0 Å². The van der Waals surface area contributed by atoms with E-state index in [-0.39, 0.29) is 31.8 Å². The second-order valence-electron chi connectivity index (χ2n) is 5.08. The lowest BCUT2D eigenvalue weighted by Gasteiger charge is -2.31. The molecular formula is C13H24N4O5. The zero-order valence-corrected chi connectivity index (χ0v) is 13.5. The van der Waals surface area contributed by atoms with E-state index >= 15 is 0 Å². The van der Waals surface area contributed by atoms with E-state index in [1.54, 1.807) is 38.2 Å². The molecule has 9 heteroatoms. The van der Waals surface area contributed by atoms with Crippen LogP contribution in [-0.4, -0.2) is 93.3 Å². The highest BCUT2D eigenvalue weighted by molar-refractivity contribution is 5.78. The molecule has 0 bridgehead atoms. The molecule has 0 aromatic heterocycles. The van der Waals surface area contributed by atoms with Gasteiger partial charge in [-0.05, 0) is 0 Å². The summed E-state index contributed by atoms with van der Waals surface area (Å²) in [5.74, 6) is 0.730. The summed E-state index contributed by atoms with van der Waals surface area (Å²) in [6, 6.07) is -0.159. The van der Waals surface area contributed by atoms with Crippen molar-refractivity contribution in [1.29, 1.82) is 0 Å². The maximum absolute atomic E-state index is 12.6. The summed E-state index contributed by atoms with van der Waals surface area (Å²) in [5.41, 5.74) is 0. The zero-order chi connectivity index (χ0) is 16.3. The Balaban J connectivity index is 2.36. The van der Waals surface area contributed by atoms with E-state index in [4.69, 9.17) is 18.9 Å². The molecular weight excluding hydrogens is 292 g/mol. The SMILES string of the molecule is C=C1N(COC)C2C(N1COC)N(COC)C(=O)N2COC. The molecule has 2 aliphatic rings. The third kappa shape index (κ3) is 2.60. The summed E-state index contributed by atoms with van der Waals surface area (Å²) in [6.45, 7) is 5.07. The first-order chi connectivity index (χ1) is 10.6. The van der Waals surface area contributed by atoms with Gasteiger partial charge in [0.05, 0.1) is 0 Å². The lowest BCUT2D eigenvalue weighted by molar-refractivity contribution is -0.0135. The average molecular weight is 316 g/mol. The Labute approximate surface area is 130 Å². The van der Waals surface area contributed by atoms with Crippen LogP contribution in [0.2, 0.25) is 0 Å². The molecule has 0 radical (unpaired) electrons. The number of carbonyl (C=O) groups excluding carboxylic acids is 1. The molecule has 0 spiro atoms. The van der Waals surface area contributed by atoms with Crippen molar-refractivity contribution in [2.24, 2.45) is 0 Å². The second-order valence-corrected chi connectivity index (χ2v) is 5.08. The smallest absolute Gasteiger partial charge is 0.327 e. The number of hydrogen-bond donors (Lipinski definition) is 0. The quantitative estimate of drug-likeness (QED) is 0.618. The summed E-state index contributed by atoms with van der Waals surface area (Å²) in [5, 5.41) is 0. The van der Waals surface area contributed by atoms with Gasteiger partial charge in [0.1, 0.15) is 32.7 Å². The topological polar surface area (TPSA) is 67.0 Å². The number of nitrogens with zero attached hydrogens (tertiary/aromatic N) is 4. The van der Waals surface area contributed by atoms with Crippen molar-refractivity contribution in [3.63, 3.8) is 0 Å². The molecule has 2 saturated heterocycles. The van der Waals surface area contributed by atoms with Gasteiger partial charge in [-0.25, -0.2) is 4.79 Å². The number of rotatable bonds is 8. The molecule has 2 amide bonds. The number of hydrogen-bond acceptors (Lipinski definition) is 7. The molecule has 9 nitrogen and oxygen atoms in total. The van der Waals surface area contributed by atoms with Gasteiger partial charge in [0.2, 0.25) is 0 Å². The number of methoxy groups -OCH3 is 4. The van der Waals surface area contributed by atoms with E-state index in [0.29, 0.717) is 13.5 Å². The highest BCUT2D eigenvalue weighted by Crippen LogP contribution is 2.38. The van der Waals surface area contributed by atoms with E-state index in [0.717, 1.165) is 5.82 Å². The van der Waals surface area contributed by atoms with Gasteiger partial charge in [0, 0.05) is 28.4 Å². The largest absolute Gasteiger partial charge is 0.364 e. The zero-order valence-electron chi connectivity index (χ0n) is 13.5. The molecule has 0 aromatic rings. The Morgan fingerprint density at radius 2 is 1.09 bits per heavy atom. The highest BCUT2D eigenvalue weighted by atomic mass is 16.5. The van der Waals surface area contributed by atoms with E-state index in [9.17, 15) is 4.79 Å². The third-order valence-electron chi connectivity index (χ3n) is 3.77. The van der Waals surface area contributed by atoms with Crippen LogP contribution >= 0.6 is 0 Å². The molecule has 2 aliphatic heterocycles. The van der Waals surface area contributed by atoms with Gasteiger partial charge in [0.25, 0.3) is 0 Å². The van der Waals surface area contributed by atoms with E-state index in [1.165, 1.54) is 0 Å². The summed E-state index contributed by atoms with van der Waals surface area (Å²) in [7, 11) is 6.31. The monoisotopic (exact) mass is 316 g/mol. The Bertz CT molecular complexity index is 351. The first-order valence-corrected chi connectivity index (χ1v) is 6.87. The van der Waals surface area contributed by atoms with Gasteiger partial charge in [0.15, 0.2) is 12.3 Å². The first kappa shape index (κ1) is 16.8. The second kappa shape index (κ2) is 7.14. The molecule has 2 atom stereocenters. The summed E-state index contributed by atoms with van der Waals surface area (Å²) in [6.07, 6.45) is -0.546. The predicted molar refractivity (Wildman–Crippen MR) is 77.0 cm³/mol. The number of ether oxygens (including phenoxy) is 4. The van der Waals surface area contributed by atoms with Gasteiger partial charge in [-0.1, -0.05) is 6.58 Å². The summed E-state index contributed by atoms with van der Waals surface area (Å²) in [4.78, 5) is 19.7. The standard InChI is InChI=1S/C13H24N4O5/c1-10-14(6-19-2)11-12(15(10)7-20-3)17(9-22-5)13(18)16(11)8-21-4/h11-12H,1,6-9H2,2-5H3. The van der Waals surface area contributed by atoms with Crippen molar-refractivity contribution in [3.8, 4) is 0 Å². The van der Waals surface area contributed by atoms with Gasteiger partial charge in [-0.2, -0.15) is 0 Å². The van der Waals surface area contributed by atoms with Crippen LogP contribution in [0.25, 0.3) is 0 Å². The molecule has 0 aromatic carbocycles. The first-order valence-electron chi connectivity index (χ1n) is 6.87. The highest BCUT2D eigenvalue weighted by Gasteiger charge is 2.57. The normalized spacial score (nSPS) is 24.7. The van der Waals surface area contributed by atoms with Crippen LogP contribution in [0.4, 0.5) is 4.79 Å². The lowest BCUT2D eigenvalue weighted by Crippen LogP contribution is -2.47. The van der Waals surface area contributed by atoms with Crippen LogP contribution in [0.3, 0.4) is 0 Å². The van der Waals surface area contributed by atoms with Crippen molar-refractivity contribution in [3.05, 3.63) is 12.4 Å². The molecule has 2 fully saturated rings. The molecule has 22 heavy (non-hydrogen) atoms. The number of amides is 2. The number of fused-ring (bicyclic) bond motifs is 1. The van der Waals surface area contributed by atoms with Gasteiger partial charge < -0.3 is 28.7 Å². The van der Waals surface area contributed by atoms with Crippen LogP contribution in [0.5, 0.6) is 0 Å². The van der Waals surface area contributed by atoms with E-state index in [2.05, 4.69) is 6.58 Å². The van der Waals surface area contributed by atoms with Crippen LogP contribution in [0.15, 0.2) is 12.4 Å². The third-order valence-corrected chi connectivity index (χ3v) is 3.77. The lowest BCUT2D eigenvalue weighted by atomic mass is 10.3. The summed E-state index contributed by atoms with van der Waals surface area (Å²) >= 11 is 0. The Kier molecular flexibility index (Phi) is 5.46. The van der Waals surface area contributed by atoms with Gasteiger partial charge in [-0.3, -0.25) is 9.80 Å². The number of carbonyl (C=O) groups is 1. The fourth-order valence-electron chi connectivity index (χ4n) is 2.96. The average Bonchev–Trinajstić information content (AvgIpc) is 2.90. The van der Waals surface area contributed by atoms with Crippen molar-refractivity contribution in [2.45, 2.75) is 12.3 Å². The molecule has 2 unspecified atom stereocenters. The molecule has 0 N–H and O–H groups in total. The molecule has 0 aliphatic carbocycles. The molecule has 2 rings (SSSR count). The fraction of sp³-hybridized carbons (Fsp3) is 0.769. The van der Waals surface area contributed by atoms with Crippen molar-refractivity contribution < 1.29 is 23.7 Å². The van der Waals surface area contributed by atoms with Crippen molar-refractivity contribution in [2.75, 3.05) is 55.4 Å². The fourth-order valence-corrected chi connectivity index (χ4v) is 2.96. The van der Waals surface area contributed by atoms with Gasteiger partial charge in [-0.15, -0.1) is 0 Å². The summed E-state index contributed by atoms with van der Waals surface area (Å²) < 4.78 is 20.9.